The molecule has 0 spiro atoms. The summed E-state index contributed by atoms with van der Waals surface area (Å²) in [5.74, 6) is -1.12. The zero-order valence-corrected chi connectivity index (χ0v) is 16.4. The molecule has 30 heavy (non-hydrogen) atoms. The van der Waals surface area contributed by atoms with Gasteiger partial charge in [0.25, 0.3) is 0 Å². The van der Waals surface area contributed by atoms with Gasteiger partial charge in [-0.25, -0.2) is 19.4 Å². The van der Waals surface area contributed by atoms with Crippen molar-refractivity contribution in [1.82, 2.24) is 19.7 Å². The van der Waals surface area contributed by atoms with Gasteiger partial charge in [0.1, 0.15) is 5.69 Å². The number of nitrogens with zero attached hydrogens (tertiary/aromatic N) is 4. The topological polar surface area (TPSA) is 83.0 Å². The number of fused-ring (bicyclic) bond motifs is 1. The van der Waals surface area contributed by atoms with E-state index in [0.29, 0.717) is 10.6 Å². The van der Waals surface area contributed by atoms with E-state index in [9.17, 15) is 18.0 Å². The molecule has 0 radical (unpaired) electrons. The fourth-order valence-corrected chi connectivity index (χ4v) is 3.27. The molecular weight excluding hydrogens is 448 g/mol. The Balaban J connectivity index is 1.98. The highest BCUT2D eigenvalue weighted by Crippen LogP contribution is 2.31. The van der Waals surface area contributed by atoms with Gasteiger partial charge in [-0.3, -0.25) is 0 Å². The van der Waals surface area contributed by atoms with E-state index in [1.165, 1.54) is 24.4 Å². The Hall–Kier alpha value is -3.11. The molecule has 0 aliphatic heterocycles. The number of ether oxygens (including phenoxy) is 1. The van der Waals surface area contributed by atoms with E-state index in [1.54, 1.807) is 13.0 Å². The Kier molecular flexibility index (Phi) is 4.91. The molecule has 0 saturated carbocycles. The highest BCUT2D eigenvalue weighted by atomic mass is 35.5. The first-order valence-electron chi connectivity index (χ1n) is 8.20. The van der Waals surface area contributed by atoms with E-state index in [4.69, 9.17) is 27.6 Å². The summed E-state index contributed by atoms with van der Waals surface area (Å²) >= 11 is 12.1. The standard InChI is InChI=1S/C18H9Cl2F3N4O3/c1-8-5-9(19)6-10-14(8)25-16(29-17(10)28)12-7-13(30-18(21,22)23)26-27(12)15-11(20)3-2-4-24-15/h2-7H,1H3. The monoisotopic (exact) mass is 456 g/mol. The molecule has 0 N–H and O–H groups in total. The molecule has 4 aromatic rings. The van der Waals surface area contributed by atoms with E-state index < -0.39 is 17.9 Å². The van der Waals surface area contributed by atoms with Crippen LogP contribution in [0.25, 0.3) is 28.3 Å². The summed E-state index contributed by atoms with van der Waals surface area (Å²) in [6.07, 6.45) is -3.62. The Labute approximate surface area is 175 Å². The van der Waals surface area contributed by atoms with Crippen molar-refractivity contribution in [3.8, 4) is 23.3 Å². The summed E-state index contributed by atoms with van der Waals surface area (Å²) < 4.78 is 48.2. The SMILES string of the molecule is Cc1cc(Cl)cc2c(=O)oc(-c3cc(OC(F)(F)F)nn3-c3ncccc3Cl)nc12. The highest BCUT2D eigenvalue weighted by molar-refractivity contribution is 6.32. The molecule has 0 atom stereocenters. The van der Waals surface area contributed by atoms with Gasteiger partial charge >= 0.3 is 12.0 Å². The van der Waals surface area contributed by atoms with Crippen LogP contribution in [0.3, 0.4) is 0 Å². The fraction of sp³-hybridized carbons (Fsp3) is 0.111. The van der Waals surface area contributed by atoms with Crippen LogP contribution in [0, 0.1) is 6.92 Å². The van der Waals surface area contributed by atoms with Gasteiger partial charge in [-0.05, 0) is 36.8 Å². The molecule has 1 aromatic carbocycles. The molecule has 0 aliphatic rings. The van der Waals surface area contributed by atoms with E-state index in [-0.39, 0.29) is 33.3 Å². The van der Waals surface area contributed by atoms with Gasteiger partial charge in [0, 0.05) is 17.3 Å². The maximum atomic E-state index is 12.7. The van der Waals surface area contributed by atoms with E-state index in [1.807, 2.05) is 0 Å². The molecule has 4 rings (SSSR count). The van der Waals surface area contributed by atoms with Gasteiger partial charge in [0.05, 0.1) is 15.9 Å². The maximum Gasteiger partial charge on any atom is 0.574 e. The minimum atomic E-state index is -4.99. The van der Waals surface area contributed by atoms with Crippen LogP contribution in [-0.4, -0.2) is 26.1 Å². The summed E-state index contributed by atoms with van der Waals surface area (Å²) in [6, 6.07) is 6.89. The third kappa shape index (κ3) is 3.83. The third-order valence-electron chi connectivity index (χ3n) is 3.95. The van der Waals surface area contributed by atoms with Crippen LogP contribution in [0.1, 0.15) is 5.56 Å². The van der Waals surface area contributed by atoms with Gasteiger partial charge in [0.15, 0.2) is 5.82 Å². The summed E-state index contributed by atoms with van der Waals surface area (Å²) in [5, 5.41) is 4.28. The van der Waals surface area contributed by atoms with Crippen LogP contribution in [0.4, 0.5) is 13.2 Å². The number of alkyl halides is 3. The van der Waals surface area contributed by atoms with Crippen LogP contribution < -0.4 is 10.4 Å². The minimum absolute atomic E-state index is 0.0106. The molecule has 154 valence electrons. The van der Waals surface area contributed by atoms with Crippen molar-refractivity contribution in [3.05, 3.63) is 62.6 Å². The molecule has 7 nitrogen and oxygen atoms in total. The predicted octanol–water partition coefficient (Wildman–Crippen LogP) is 4.95. The lowest BCUT2D eigenvalue weighted by Gasteiger charge is -2.08. The number of benzene rings is 1. The highest BCUT2D eigenvalue weighted by Gasteiger charge is 2.33. The van der Waals surface area contributed by atoms with Crippen LogP contribution in [0.15, 0.2) is 45.7 Å². The Morgan fingerprint density at radius 3 is 2.67 bits per heavy atom. The normalized spacial score (nSPS) is 11.8. The number of hydrogen-bond donors (Lipinski definition) is 0. The summed E-state index contributed by atoms with van der Waals surface area (Å²) in [5.41, 5.74) is -0.0638. The number of hydrogen-bond acceptors (Lipinski definition) is 6. The van der Waals surface area contributed by atoms with Crippen molar-refractivity contribution in [2.24, 2.45) is 0 Å². The van der Waals surface area contributed by atoms with Gasteiger partial charge in [-0.15, -0.1) is 18.3 Å². The van der Waals surface area contributed by atoms with Gasteiger partial charge in [-0.1, -0.05) is 23.2 Å². The molecule has 12 heteroatoms. The van der Waals surface area contributed by atoms with Gasteiger partial charge in [-0.2, -0.15) is 0 Å². The van der Waals surface area contributed by atoms with Crippen molar-refractivity contribution in [1.29, 1.82) is 0 Å². The molecule has 3 aromatic heterocycles. The number of rotatable bonds is 3. The van der Waals surface area contributed by atoms with Crippen molar-refractivity contribution in [2.45, 2.75) is 13.3 Å². The molecule has 0 fully saturated rings. The van der Waals surface area contributed by atoms with Crippen LogP contribution >= 0.6 is 23.2 Å². The van der Waals surface area contributed by atoms with Crippen molar-refractivity contribution < 1.29 is 22.3 Å². The summed E-state index contributed by atoms with van der Waals surface area (Å²) in [7, 11) is 0. The molecule has 0 aliphatic carbocycles. The average Bonchev–Trinajstić information content (AvgIpc) is 3.04. The smallest absolute Gasteiger partial charge is 0.401 e. The fourth-order valence-electron chi connectivity index (χ4n) is 2.79. The average molecular weight is 457 g/mol. The van der Waals surface area contributed by atoms with E-state index in [0.717, 1.165) is 10.7 Å². The van der Waals surface area contributed by atoms with Crippen molar-refractivity contribution in [2.75, 3.05) is 0 Å². The van der Waals surface area contributed by atoms with E-state index >= 15 is 0 Å². The minimum Gasteiger partial charge on any atom is -0.401 e. The van der Waals surface area contributed by atoms with Crippen LogP contribution in [0.5, 0.6) is 5.88 Å². The first-order chi connectivity index (χ1) is 14.1. The first-order valence-corrected chi connectivity index (χ1v) is 8.96. The lowest BCUT2D eigenvalue weighted by atomic mass is 10.1. The van der Waals surface area contributed by atoms with Gasteiger partial charge < -0.3 is 9.15 Å². The first kappa shape index (κ1) is 20.2. The summed E-state index contributed by atoms with van der Waals surface area (Å²) in [6.45, 7) is 1.68. The molecule has 0 amide bonds. The quantitative estimate of drug-likeness (QED) is 0.433. The molecule has 0 unspecified atom stereocenters. The predicted molar refractivity (Wildman–Crippen MR) is 102 cm³/mol. The second-order valence-electron chi connectivity index (χ2n) is 6.06. The zero-order chi connectivity index (χ0) is 21.6. The summed E-state index contributed by atoms with van der Waals surface area (Å²) in [4.78, 5) is 20.8. The third-order valence-corrected chi connectivity index (χ3v) is 4.47. The van der Waals surface area contributed by atoms with E-state index in [2.05, 4.69) is 19.8 Å². The molecule has 3 heterocycles. The van der Waals surface area contributed by atoms with Crippen LogP contribution in [-0.2, 0) is 0 Å². The van der Waals surface area contributed by atoms with Gasteiger partial charge in [0.2, 0.25) is 11.8 Å². The maximum absolute atomic E-state index is 12.7. The lowest BCUT2D eigenvalue weighted by Crippen LogP contribution is -2.17. The lowest BCUT2D eigenvalue weighted by molar-refractivity contribution is -0.276. The Bertz CT molecular complexity index is 1330. The molecule has 0 saturated heterocycles. The molecular formula is C18H9Cl2F3N4O3. The Morgan fingerprint density at radius 1 is 1.20 bits per heavy atom. The Morgan fingerprint density at radius 2 is 1.97 bits per heavy atom. The largest absolute Gasteiger partial charge is 0.574 e. The van der Waals surface area contributed by atoms with Crippen molar-refractivity contribution in [3.63, 3.8) is 0 Å². The number of pyridine rings is 1. The molecule has 0 bridgehead atoms. The number of halogens is 5. The van der Waals surface area contributed by atoms with Crippen LogP contribution in [0.2, 0.25) is 10.0 Å². The second kappa shape index (κ2) is 7.29. The zero-order valence-electron chi connectivity index (χ0n) is 14.9. The van der Waals surface area contributed by atoms with Crippen molar-refractivity contribution >= 4 is 34.1 Å². The number of aryl methyl sites for hydroxylation is 1. The second-order valence-corrected chi connectivity index (χ2v) is 6.91. The number of aromatic nitrogens is 4.